The minimum absolute atomic E-state index is 0.145. The minimum Gasteiger partial charge on any atom is -0.354 e. The molecule has 1 unspecified atom stereocenters. The van der Waals surface area contributed by atoms with Crippen LogP contribution in [-0.2, 0) is 0 Å². The van der Waals surface area contributed by atoms with Crippen LogP contribution in [0, 0.1) is 6.92 Å². The molecule has 0 N–H and O–H groups in total. The standard InChI is InChI=1S/C14H18ClN5O/c1-10(14-17-11(2)18-21-14)19-5-7-20(8-6-19)13-4-3-12(15)9-16-13/h3-4,9-10H,5-8H2,1-2H3. The van der Waals surface area contributed by atoms with E-state index in [1.807, 2.05) is 19.1 Å². The van der Waals surface area contributed by atoms with Gasteiger partial charge in [-0.15, -0.1) is 0 Å². The fraction of sp³-hybridized carbons (Fsp3) is 0.500. The van der Waals surface area contributed by atoms with Gasteiger partial charge >= 0.3 is 0 Å². The number of halogens is 1. The zero-order valence-corrected chi connectivity index (χ0v) is 12.9. The Bertz CT molecular complexity index is 592. The van der Waals surface area contributed by atoms with Gasteiger partial charge in [-0.25, -0.2) is 4.98 Å². The molecule has 7 heteroatoms. The average molecular weight is 308 g/mol. The fourth-order valence-corrected chi connectivity index (χ4v) is 2.64. The summed E-state index contributed by atoms with van der Waals surface area (Å²) in [5.74, 6) is 2.34. The number of hydrogen-bond acceptors (Lipinski definition) is 6. The van der Waals surface area contributed by atoms with Crippen LogP contribution in [0.15, 0.2) is 22.9 Å². The van der Waals surface area contributed by atoms with Gasteiger partial charge in [0.2, 0.25) is 5.89 Å². The first kappa shape index (κ1) is 14.3. The summed E-state index contributed by atoms with van der Waals surface area (Å²) >= 11 is 5.87. The van der Waals surface area contributed by atoms with Crippen LogP contribution in [0.3, 0.4) is 0 Å². The Morgan fingerprint density at radius 3 is 2.57 bits per heavy atom. The number of pyridine rings is 1. The summed E-state index contributed by atoms with van der Waals surface area (Å²) < 4.78 is 5.26. The van der Waals surface area contributed by atoms with Crippen molar-refractivity contribution in [2.75, 3.05) is 31.1 Å². The van der Waals surface area contributed by atoms with Crippen molar-refractivity contribution in [2.45, 2.75) is 19.9 Å². The molecule has 2 aromatic heterocycles. The molecular formula is C14H18ClN5O. The molecule has 0 aromatic carbocycles. The molecule has 6 nitrogen and oxygen atoms in total. The number of aromatic nitrogens is 3. The molecule has 0 saturated carbocycles. The summed E-state index contributed by atoms with van der Waals surface area (Å²) in [5, 5.41) is 4.52. The molecule has 1 atom stereocenters. The molecular weight excluding hydrogens is 290 g/mol. The van der Waals surface area contributed by atoms with Gasteiger partial charge in [0, 0.05) is 32.4 Å². The third-order valence-corrected chi connectivity index (χ3v) is 4.02. The van der Waals surface area contributed by atoms with E-state index in [-0.39, 0.29) is 6.04 Å². The lowest BCUT2D eigenvalue weighted by Crippen LogP contribution is -2.47. The van der Waals surface area contributed by atoms with E-state index in [1.165, 1.54) is 0 Å². The number of rotatable bonds is 3. The normalized spacial score (nSPS) is 18.0. The van der Waals surface area contributed by atoms with Gasteiger partial charge in [0.05, 0.1) is 11.1 Å². The average Bonchev–Trinajstić information content (AvgIpc) is 2.94. The van der Waals surface area contributed by atoms with Gasteiger partial charge in [-0.1, -0.05) is 16.8 Å². The van der Waals surface area contributed by atoms with Crippen LogP contribution < -0.4 is 4.90 Å². The summed E-state index contributed by atoms with van der Waals surface area (Å²) in [6.07, 6.45) is 1.69. The Balaban J connectivity index is 1.61. The van der Waals surface area contributed by atoms with E-state index in [4.69, 9.17) is 16.1 Å². The van der Waals surface area contributed by atoms with Crippen LogP contribution in [0.4, 0.5) is 5.82 Å². The summed E-state index contributed by atoms with van der Waals surface area (Å²) in [6.45, 7) is 7.66. The predicted octanol–water partition coefficient (Wildman–Crippen LogP) is 2.31. The smallest absolute Gasteiger partial charge is 0.243 e. The third kappa shape index (κ3) is 3.16. The van der Waals surface area contributed by atoms with Crippen molar-refractivity contribution in [3.05, 3.63) is 35.1 Å². The molecule has 0 bridgehead atoms. The number of piperazine rings is 1. The van der Waals surface area contributed by atoms with Crippen molar-refractivity contribution in [1.82, 2.24) is 20.0 Å². The van der Waals surface area contributed by atoms with Crippen LogP contribution in [-0.4, -0.2) is 46.2 Å². The molecule has 21 heavy (non-hydrogen) atoms. The Kier molecular flexibility index (Phi) is 4.07. The SMILES string of the molecule is Cc1noc(C(C)N2CCN(c3ccc(Cl)cn3)CC2)n1. The summed E-state index contributed by atoms with van der Waals surface area (Å²) in [4.78, 5) is 13.3. The summed E-state index contributed by atoms with van der Waals surface area (Å²) in [6, 6.07) is 3.98. The second-order valence-electron chi connectivity index (χ2n) is 5.21. The molecule has 0 radical (unpaired) electrons. The zero-order valence-electron chi connectivity index (χ0n) is 12.2. The van der Waals surface area contributed by atoms with E-state index >= 15 is 0 Å². The first-order chi connectivity index (χ1) is 10.1. The van der Waals surface area contributed by atoms with Gasteiger partial charge in [-0.05, 0) is 26.0 Å². The first-order valence-electron chi connectivity index (χ1n) is 7.04. The summed E-state index contributed by atoms with van der Waals surface area (Å²) in [5.41, 5.74) is 0. The minimum atomic E-state index is 0.145. The second-order valence-corrected chi connectivity index (χ2v) is 5.65. The zero-order chi connectivity index (χ0) is 14.8. The topological polar surface area (TPSA) is 58.3 Å². The second kappa shape index (κ2) is 5.99. The largest absolute Gasteiger partial charge is 0.354 e. The van der Waals surface area contributed by atoms with Gasteiger partial charge in [-0.2, -0.15) is 4.98 Å². The van der Waals surface area contributed by atoms with Crippen molar-refractivity contribution < 1.29 is 4.52 Å². The number of aryl methyl sites for hydroxylation is 1. The van der Waals surface area contributed by atoms with Gasteiger partial charge in [0.1, 0.15) is 5.82 Å². The molecule has 1 fully saturated rings. The predicted molar refractivity (Wildman–Crippen MR) is 80.5 cm³/mol. The maximum Gasteiger partial charge on any atom is 0.243 e. The van der Waals surface area contributed by atoms with Crippen molar-refractivity contribution in [3.63, 3.8) is 0 Å². The lowest BCUT2D eigenvalue weighted by molar-refractivity contribution is 0.164. The van der Waals surface area contributed by atoms with E-state index in [9.17, 15) is 0 Å². The monoisotopic (exact) mass is 307 g/mol. The third-order valence-electron chi connectivity index (χ3n) is 3.80. The molecule has 0 amide bonds. The number of nitrogens with zero attached hydrogens (tertiary/aromatic N) is 5. The molecule has 3 heterocycles. The Hall–Kier alpha value is -1.66. The highest BCUT2D eigenvalue weighted by molar-refractivity contribution is 6.30. The lowest BCUT2D eigenvalue weighted by atomic mass is 10.2. The molecule has 3 rings (SSSR count). The van der Waals surface area contributed by atoms with Crippen LogP contribution in [0.1, 0.15) is 24.7 Å². The molecule has 1 aliphatic rings. The van der Waals surface area contributed by atoms with Crippen LogP contribution in [0.2, 0.25) is 5.02 Å². The van der Waals surface area contributed by atoms with Crippen molar-refractivity contribution in [3.8, 4) is 0 Å². The quantitative estimate of drug-likeness (QED) is 0.867. The van der Waals surface area contributed by atoms with E-state index in [0.717, 1.165) is 32.0 Å². The van der Waals surface area contributed by atoms with Crippen molar-refractivity contribution in [1.29, 1.82) is 0 Å². The fourth-order valence-electron chi connectivity index (χ4n) is 2.53. The lowest BCUT2D eigenvalue weighted by Gasteiger charge is -2.37. The molecule has 1 saturated heterocycles. The number of anilines is 1. The van der Waals surface area contributed by atoms with Gasteiger partial charge in [0.15, 0.2) is 5.82 Å². The van der Waals surface area contributed by atoms with Gasteiger partial charge < -0.3 is 9.42 Å². The maximum atomic E-state index is 5.87. The Morgan fingerprint density at radius 2 is 2.00 bits per heavy atom. The van der Waals surface area contributed by atoms with Gasteiger partial charge in [0.25, 0.3) is 0 Å². The molecule has 0 spiro atoms. The summed E-state index contributed by atoms with van der Waals surface area (Å²) in [7, 11) is 0. The maximum absolute atomic E-state index is 5.87. The van der Waals surface area contributed by atoms with E-state index in [0.29, 0.717) is 16.7 Å². The number of hydrogen-bond donors (Lipinski definition) is 0. The van der Waals surface area contributed by atoms with E-state index < -0.39 is 0 Å². The Labute approximate surface area is 128 Å². The van der Waals surface area contributed by atoms with Crippen LogP contribution >= 0.6 is 11.6 Å². The molecule has 0 aliphatic carbocycles. The van der Waals surface area contributed by atoms with Crippen LogP contribution in [0.25, 0.3) is 0 Å². The van der Waals surface area contributed by atoms with E-state index in [1.54, 1.807) is 6.20 Å². The molecule has 1 aliphatic heterocycles. The first-order valence-corrected chi connectivity index (χ1v) is 7.42. The van der Waals surface area contributed by atoms with E-state index in [2.05, 4.69) is 31.8 Å². The highest BCUT2D eigenvalue weighted by Gasteiger charge is 2.25. The van der Waals surface area contributed by atoms with Crippen molar-refractivity contribution >= 4 is 17.4 Å². The van der Waals surface area contributed by atoms with Crippen molar-refractivity contribution in [2.24, 2.45) is 0 Å². The van der Waals surface area contributed by atoms with Crippen LogP contribution in [0.5, 0.6) is 0 Å². The highest BCUT2D eigenvalue weighted by atomic mass is 35.5. The Morgan fingerprint density at radius 1 is 1.24 bits per heavy atom. The molecule has 2 aromatic rings. The molecule has 112 valence electrons. The van der Waals surface area contributed by atoms with Gasteiger partial charge in [-0.3, -0.25) is 4.90 Å². The highest BCUT2D eigenvalue weighted by Crippen LogP contribution is 2.22.